The van der Waals surface area contributed by atoms with Gasteiger partial charge in [-0.3, -0.25) is 4.72 Å². The van der Waals surface area contributed by atoms with Crippen LogP contribution in [0.4, 0.5) is 24.5 Å². The molecule has 11 heteroatoms. The summed E-state index contributed by atoms with van der Waals surface area (Å²) in [5.74, 6) is 0.856. The number of nitrogens with one attached hydrogen (secondary N) is 4. The smallest absolute Gasteiger partial charge is 0.385 e. The molecule has 168 valence electrons. The molecule has 1 aromatic heterocycles. The molecular weight excluding hydrogens is 443 g/mol. The molecule has 0 spiro atoms. The lowest BCUT2D eigenvalue weighted by Crippen LogP contribution is -2.30. The molecule has 0 radical (unpaired) electrons. The number of alkyl halides is 3. The fraction of sp³-hybridized carbons (Fsp3) is 0.190. The van der Waals surface area contributed by atoms with Crippen LogP contribution in [0.5, 0.6) is 0 Å². The van der Waals surface area contributed by atoms with Crippen LogP contribution in [-0.4, -0.2) is 23.9 Å². The van der Waals surface area contributed by atoms with Crippen LogP contribution in [0, 0.1) is 0 Å². The fourth-order valence-electron chi connectivity index (χ4n) is 3.24. The Balaban J connectivity index is 1.40. The minimum atomic E-state index is -5.49. The highest BCUT2D eigenvalue weighted by atomic mass is 32.2. The lowest BCUT2D eigenvalue weighted by molar-refractivity contribution is -0.0429. The van der Waals surface area contributed by atoms with E-state index in [1.165, 1.54) is 12.1 Å². The topological polar surface area (TPSA) is 98.9 Å². The quantitative estimate of drug-likeness (QED) is 0.425. The zero-order valence-corrected chi connectivity index (χ0v) is 17.5. The molecule has 4 rings (SSSR count). The van der Waals surface area contributed by atoms with Crippen LogP contribution in [0.1, 0.15) is 28.3 Å². The van der Waals surface area contributed by atoms with E-state index >= 15 is 0 Å². The summed E-state index contributed by atoms with van der Waals surface area (Å²) in [6.07, 6.45) is 4.40. The summed E-state index contributed by atoms with van der Waals surface area (Å²) in [6.45, 7) is 0.850. The van der Waals surface area contributed by atoms with Crippen molar-refractivity contribution in [1.82, 2.24) is 15.3 Å². The summed E-state index contributed by atoms with van der Waals surface area (Å²) in [4.78, 5) is 7.87. The highest BCUT2D eigenvalue weighted by molar-refractivity contribution is 7.93. The van der Waals surface area contributed by atoms with Gasteiger partial charge in [0.05, 0.1) is 23.6 Å². The van der Waals surface area contributed by atoms with Crippen molar-refractivity contribution in [3.8, 4) is 0 Å². The summed E-state index contributed by atoms with van der Waals surface area (Å²) >= 11 is 0. The molecule has 3 aromatic rings. The van der Waals surface area contributed by atoms with E-state index in [2.05, 4.69) is 20.6 Å². The van der Waals surface area contributed by atoms with Crippen LogP contribution >= 0.6 is 0 Å². The average Bonchev–Trinajstić information content (AvgIpc) is 3.15. The maximum Gasteiger partial charge on any atom is 0.516 e. The number of imidazole rings is 1. The van der Waals surface area contributed by atoms with Crippen LogP contribution < -0.4 is 15.4 Å². The summed E-state index contributed by atoms with van der Waals surface area (Å²) in [7, 11) is -5.49. The highest BCUT2D eigenvalue weighted by Crippen LogP contribution is 2.27. The van der Waals surface area contributed by atoms with Gasteiger partial charge in [0.15, 0.2) is 0 Å². The minimum Gasteiger partial charge on any atom is -0.385 e. The number of halogens is 3. The van der Waals surface area contributed by atoms with E-state index in [1.54, 1.807) is 16.9 Å². The van der Waals surface area contributed by atoms with E-state index in [1.807, 2.05) is 36.5 Å². The third-order valence-corrected chi connectivity index (χ3v) is 5.97. The third-order valence-electron chi connectivity index (χ3n) is 4.87. The number of hydrogen-bond donors (Lipinski definition) is 4. The molecule has 4 N–H and O–H groups in total. The molecule has 2 aromatic carbocycles. The molecule has 0 bridgehead atoms. The predicted octanol–water partition coefficient (Wildman–Crippen LogP) is 3.95. The molecule has 0 atom stereocenters. The van der Waals surface area contributed by atoms with E-state index in [0.717, 1.165) is 28.5 Å². The first-order valence-electron chi connectivity index (χ1n) is 9.69. The second-order valence-corrected chi connectivity index (χ2v) is 8.87. The summed E-state index contributed by atoms with van der Waals surface area (Å²) < 4.78 is 62.5. The van der Waals surface area contributed by atoms with Gasteiger partial charge >= 0.3 is 15.5 Å². The maximum absolute atomic E-state index is 12.7. The number of aromatic nitrogens is 2. The van der Waals surface area contributed by atoms with Gasteiger partial charge in [0.2, 0.25) is 0 Å². The number of para-hydroxylation sites is 1. The molecule has 32 heavy (non-hydrogen) atoms. The van der Waals surface area contributed by atoms with Gasteiger partial charge in [-0.2, -0.15) is 21.6 Å². The van der Waals surface area contributed by atoms with Crippen molar-refractivity contribution in [2.75, 3.05) is 10.0 Å². The molecule has 0 aliphatic carbocycles. The second-order valence-electron chi connectivity index (χ2n) is 7.20. The largest absolute Gasteiger partial charge is 0.516 e. The van der Waals surface area contributed by atoms with E-state index < -0.39 is 15.5 Å². The lowest BCUT2D eigenvalue weighted by atomic mass is 10.1. The van der Waals surface area contributed by atoms with Crippen LogP contribution in [0.25, 0.3) is 6.08 Å². The van der Waals surface area contributed by atoms with Gasteiger partial charge in [0.25, 0.3) is 0 Å². The molecule has 0 saturated heterocycles. The number of nitrogens with zero attached hydrogens (tertiary/aromatic N) is 1. The number of anilines is 2. The Morgan fingerprint density at radius 2 is 1.81 bits per heavy atom. The first-order valence-corrected chi connectivity index (χ1v) is 11.2. The number of benzene rings is 2. The van der Waals surface area contributed by atoms with E-state index in [-0.39, 0.29) is 12.2 Å². The monoisotopic (exact) mass is 463 g/mol. The van der Waals surface area contributed by atoms with Gasteiger partial charge in [-0.05, 0) is 41.6 Å². The van der Waals surface area contributed by atoms with Gasteiger partial charge in [-0.25, -0.2) is 4.98 Å². The van der Waals surface area contributed by atoms with Gasteiger partial charge in [0, 0.05) is 18.7 Å². The average molecular weight is 463 g/mol. The Morgan fingerprint density at radius 3 is 2.53 bits per heavy atom. The highest BCUT2D eigenvalue weighted by Gasteiger charge is 2.46. The standard InChI is InChI=1S/C21H20F3N5O2S/c22-21(23,24)32(30,31)29-17-4-2-1-3-15(17)12-26-16-7-5-14(6-8-16)11-20-27-18-9-10-25-13-19(18)28-20/h1-10,25-26,29H,11-13H2,(H,27,28). The Kier molecular flexibility index (Phi) is 5.83. The van der Waals surface area contributed by atoms with E-state index in [9.17, 15) is 21.6 Å². The Hall–Kier alpha value is -3.47. The zero-order chi connectivity index (χ0) is 22.8. The van der Waals surface area contributed by atoms with Crippen LogP contribution in [-0.2, 0) is 29.5 Å². The SMILES string of the molecule is O=S(=O)(Nc1ccccc1CNc1ccc(Cc2nc3c([nH]2)CNC=C3)cc1)C(F)(F)F. The fourth-order valence-corrected chi connectivity index (χ4v) is 3.85. The second kappa shape index (κ2) is 8.58. The van der Waals surface area contributed by atoms with Crippen molar-refractivity contribution in [3.05, 3.63) is 83.1 Å². The first kappa shape index (κ1) is 21.8. The first-order chi connectivity index (χ1) is 15.2. The Morgan fingerprint density at radius 1 is 1.06 bits per heavy atom. The van der Waals surface area contributed by atoms with Gasteiger partial charge < -0.3 is 15.6 Å². The normalized spacial score (nSPS) is 13.3. The van der Waals surface area contributed by atoms with Crippen LogP contribution in [0.3, 0.4) is 0 Å². The van der Waals surface area contributed by atoms with E-state index in [0.29, 0.717) is 18.5 Å². The number of fused-ring (bicyclic) bond motifs is 1. The predicted molar refractivity (Wildman–Crippen MR) is 116 cm³/mol. The van der Waals surface area contributed by atoms with Crippen molar-refractivity contribution in [1.29, 1.82) is 0 Å². The van der Waals surface area contributed by atoms with Crippen molar-refractivity contribution in [2.24, 2.45) is 0 Å². The number of hydrogen-bond acceptors (Lipinski definition) is 5. The van der Waals surface area contributed by atoms with Gasteiger partial charge in [-0.15, -0.1) is 0 Å². The summed E-state index contributed by atoms with van der Waals surface area (Å²) in [5, 5.41) is 6.22. The Bertz CT molecular complexity index is 1240. The molecule has 0 saturated carbocycles. The lowest BCUT2D eigenvalue weighted by Gasteiger charge is -2.15. The molecule has 0 fully saturated rings. The van der Waals surface area contributed by atoms with Crippen LogP contribution in [0.15, 0.2) is 54.7 Å². The number of sulfonamides is 1. The number of aromatic amines is 1. The maximum atomic E-state index is 12.7. The molecule has 1 aliphatic rings. The minimum absolute atomic E-state index is 0.126. The summed E-state index contributed by atoms with van der Waals surface area (Å²) in [5.41, 5.74) is -1.38. The molecule has 0 amide bonds. The zero-order valence-electron chi connectivity index (χ0n) is 16.7. The van der Waals surface area contributed by atoms with Crippen molar-refractivity contribution in [2.45, 2.75) is 25.0 Å². The van der Waals surface area contributed by atoms with Gasteiger partial charge in [0.1, 0.15) is 5.82 Å². The summed E-state index contributed by atoms with van der Waals surface area (Å²) in [6, 6.07) is 13.5. The molecule has 7 nitrogen and oxygen atoms in total. The van der Waals surface area contributed by atoms with Crippen molar-refractivity contribution >= 4 is 27.5 Å². The van der Waals surface area contributed by atoms with Crippen LogP contribution in [0.2, 0.25) is 0 Å². The molecule has 1 aliphatic heterocycles. The Labute approximate surface area is 182 Å². The van der Waals surface area contributed by atoms with Crippen molar-refractivity contribution in [3.63, 3.8) is 0 Å². The van der Waals surface area contributed by atoms with Crippen molar-refractivity contribution < 1.29 is 21.6 Å². The molecular formula is C21H20F3N5O2S. The third kappa shape index (κ3) is 4.88. The number of H-pyrrole nitrogens is 1. The molecule has 2 heterocycles. The number of rotatable bonds is 7. The van der Waals surface area contributed by atoms with E-state index in [4.69, 9.17) is 0 Å². The van der Waals surface area contributed by atoms with Gasteiger partial charge in [-0.1, -0.05) is 30.3 Å². The molecule has 0 unspecified atom stereocenters.